The summed E-state index contributed by atoms with van der Waals surface area (Å²) in [6.07, 6.45) is 3.54. The third-order valence-electron chi connectivity index (χ3n) is 3.37. The number of anilines is 2. The summed E-state index contributed by atoms with van der Waals surface area (Å²) in [5.41, 5.74) is 1.13. The van der Waals surface area contributed by atoms with Crippen LogP contribution in [0.4, 0.5) is 11.6 Å². The Kier molecular flexibility index (Phi) is 5.31. The number of nitrogens with one attached hydrogen (secondary N) is 2. The lowest BCUT2D eigenvalue weighted by molar-refractivity contribution is 0.800. The van der Waals surface area contributed by atoms with Gasteiger partial charge in [-0.2, -0.15) is 11.8 Å². The quantitative estimate of drug-likeness (QED) is 0.838. The number of aryl methyl sites for hydroxylation is 1. The van der Waals surface area contributed by atoms with Crippen LogP contribution in [0.15, 0.2) is 0 Å². The maximum atomic E-state index is 4.62. The van der Waals surface area contributed by atoms with Gasteiger partial charge in [-0.25, -0.2) is 9.97 Å². The number of nitrogens with zero attached hydrogens (tertiary/aromatic N) is 2. The zero-order chi connectivity index (χ0) is 13.7. The van der Waals surface area contributed by atoms with Gasteiger partial charge in [0.2, 0.25) is 0 Å². The number of hydrogen-bond donors (Lipinski definition) is 2. The molecule has 19 heavy (non-hydrogen) atoms. The van der Waals surface area contributed by atoms with Crippen LogP contribution in [0, 0.1) is 6.92 Å². The lowest BCUT2D eigenvalue weighted by Crippen LogP contribution is -2.17. The van der Waals surface area contributed by atoms with Crippen LogP contribution in [0.25, 0.3) is 0 Å². The fourth-order valence-corrected chi connectivity index (χ4v) is 3.45. The minimum atomic E-state index is 0.738. The van der Waals surface area contributed by atoms with Gasteiger partial charge in [0.25, 0.3) is 0 Å². The van der Waals surface area contributed by atoms with E-state index in [1.54, 1.807) is 0 Å². The van der Waals surface area contributed by atoms with Crippen molar-refractivity contribution in [3.05, 3.63) is 11.4 Å². The third kappa shape index (κ3) is 3.75. The van der Waals surface area contributed by atoms with E-state index in [9.17, 15) is 0 Å². The van der Waals surface area contributed by atoms with Crippen LogP contribution in [0.1, 0.15) is 38.1 Å². The Hall–Kier alpha value is -0.970. The molecule has 1 saturated heterocycles. The minimum absolute atomic E-state index is 0.738. The molecule has 0 amide bonds. The van der Waals surface area contributed by atoms with E-state index in [-0.39, 0.29) is 0 Å². The standard InChI is InChI=1S/C14H24N4S/c1-4-12-17-13(15-5-2)10(3)14(18-12)16-9-11-7-6-8-19-11/h11H,4-9H2,1-3H3,(H2,15,16,17,18). The van der Waals surface area contributed by atoms with Crippen molar-refractivity contribution in [2.75, 3.05) is 29.5 Å². The molecule has 1 aliphatic heterocycles. The normalized spacial score (nSPS) is 18.6. The Morgan fingerprint density at radius 2 is 1.95 bits per heavy atom. The smallest absolute Gasteiger partial charge is 0.134 e. The Morgan fingerprint density at radius 1 is 1.21 bits per heavy atom. The van der Waals surface area contributed by atoms with Gasteiger partial charge in [0.15, 0.2) is 0 Å². The van der Waals surface area contributed by atoms with Crippen LogP contribution in [0.5, 0.6) is 0 Å². The number of thioether (sulfide) groups is 1. The van der Waals surface area contributed by atoms with Crippen molar-refractivity contribution >= 4 is 23.4 Å². The van der Waals surface area contributed by atoms with E-state index in [0.717, 1.165) is 47.8 Å². The van der Waals surface area contributed by atoms with E-state index < -0.39 is 0 Å². The summed E-state index contributed by atoms with van der Waals surface area (Å²) >= 11 is 2.07. The van der Waals surface area contributed by atoms with E-state index >= 15 is 0 Å². The Labute approximate surface area is 120 Å². The molecule has 106 valence electrons. The second-order valence-electron chi connectivity index (χ2n) is 4.86. The average molecular weight is 280 g/mol. The predicted octanol–water partition coefficient (Wildman–Crippen LogP) is 3.09. The monoisotopic (exact) mass is 280 g/mol. The van der Waals surface area contributed by atoms with E-state index in [4.69, 9.17) is 0 Å². The van der Waals surface area contributed by atoms with Gasteiger partial charge in [-0.3, -0.25) is 0 Å². The Balaban J connectivity index is 2.10. The highest BCUT2D eigenvalue weighted by molar-refractivity contribution is 8.00. The summed E-state index contributed by atoms with van der Waals surface area (Å²) in [5.74, 6) is 4.17. The van der Waals surface area contributed by atoms with Crippen molar-refractivity contribution in [3.8, 4) is 0 Å². The molecule has 0 bridgehead atoms. The molecule has 1 aromatic rings. The lowest BCUT2D eigenvalue weighted by atomic mass is 10.2. The van der Waals surface area contributed by atoms with Gasteiger partial charge in [-0.1, -0.05) is 6.92 Å². The number of aromatic nitrogens is 2. The molecular formula is C14H24N4S. The lowest BCUT2D eigenvalue weighted by Gasteiger charge is -2.16. The Morgan fingerprint density at radius 3 is 2.53 bits per heavy atom. The largest absolute Gasteiger partial charge is 0.370 e. The van der Waals surface area contributed by atoms with E-state index in [2.05, 4.69) is 53.1 Å². The molecule has 0 aromatic carbocycles. The van der Waals surface area contributed by atoms with Crippen molar-refractivity contribution in [2.45, 2.75) is 45.3 Å². The van der Waals surface area contributed by atoms with E-state index in [1.165, 1.54) is 18.6 Å². The summed E-state index contributed by atoms with van der Waals surface area (Å²) in [6, 6.07) is 0. The first-order chi connectivity index (χ1) is 9.24. The topological polar surface area (TPSA) is 49.8 Å². The van der Waals surface area contributed by atoms with E-state index in [1.807, 2.05) is 0 Å². The molecule has 2 N–H and O–H groups in total. The van der Waals surface area contributed by atoms with Gasteiger partial charge in [0.05, 0.1) is 0 Å². The first-order valence-electron chi connectivity index (χ1n) is 7.21. The zero-order valence-electron chi connectivity index (χ0n) is 12.1. The summed E-state index contributed by atoms with van der Waals surface area (Å²) in [7, 11) is 0. The van der Waals surface area contributed by atoms with Gasteiger partial charge < -0.3 is 10.6 Å². The molecule has 0 aliphatic carbocycles. The summed E-state index contributed by atoms with van der Waals surface area (Å²) in [5, 5.41) is 7.58. The molecular weight excluding hydrogens is 256 g/mol. The molecule has 2 rings (SSSR count). The van der Waals surface area contributed by atoms with Crippen LogP contribution in [-0.4, -0.2) is 34.1 Å². The van der Waals surface area contributed by atoms with Crippen LogP contribution in [0.3, 0.4) is 0 Å². The SMILES string of the molecule is CCNc1nc(CC)nc(NCC2CCCS2)c1C. The van der Waals surface area contributed by atoms with Gasteiger partial charge in [0, 0.05) is 30.3 Å². The molecule has 0 spiro atoms. The maximum absolute atomic E-state index is 4.62. The van der Waals surface area contributed by atoms with Crippen molar-refractivity contribution in [1.82, 2.24) is 9.97 Å². The van der Waals surface area contributed by atoms with Crippen LogP contribution in [-0.2, 0) is 6.42 Å². The highest BCUT2D eigenvalue weighted by atomic mass is 32.2. The molecule has 5 heteroatoms. The molecule has 1 aliphatic rings. The molecule has 1 unspecified atom stereocenters. The van der Waals surface area contributed by atoms with Crippen LogP contribution < -0.4 is 10.6 Å². The molecule has 0 radical (unpaired) electrons. The van der Waals surface area contributed by atoms with Gasteiger partial charge in [0.1, 0.15) is 17.5 Å². The molecule has 1 fully saturated rings. The average Bonchev–Trinajstić information content (AvgIpc) is 2.93. The first kappa shape index (κ1) is 14.4. The van der Waals surface area contributed by atoms with Crippen molar-refractivity contribution in [2.24, 2.45) is 0 Å². The van der Waals surface area contributed by atoms with E-state index in [0.29, 0.717) is 0 Å². The number of rotatable bonds is 6. The van der Waals surface area contributed by atoms with Crippen LogP contribution >= 0.6 is 11.8 Å². The molecule has 1 aromatic heterocycles. The highest BCUT2D eigenvalue weighted by Crippen LogP contribution is 2.27. The molecule has 4 nitrogen and oxygen atoms in total. The summed E-state index contributed by atoms with van der Waals surface area (Å²) < 4.78 is 0. The van der Waals surface area contributed by atoms with Gasteiger partial charge in [-0.15, -0.1) is 0 Å². The van der Waals surface area contributed by atoms with Gasteiger partial charge in [-0.05, 0) is 32.4 Å². The third-order valence-corrected chi connectivity index (χ3v) is 4.77. The van der Waals surface area contributed by atoms with Crippen LogP contribution in [0.2, 0.25) is 0 Å². The molecule has 0 saturated carbocycles. The van der Waals surface area contributed by atoms with Crippen molar-refractivity contribution in [1.29, 1.82) is 0 Å². The van der Waals surface area contributed by atoms with Gasteiger partial charge >= 0.3 is 0 Å². The molecule has 1 atom stereocenters. The number of hydrogen-bond acceptors (Lipinski definition) is 5. The highest BCUT2D eigenvalue weighted by Gasteiger charge is 2.16. The second kappa shape index (κ2) is 6.98. The summed E-state index contributed by atoms with van der Waals surface area (Å²) in [6.45, 7) is 8.17. The Bertz CT molecular complexity index is 416. The fraction of sp³-hybridized carbons (Fsp3) is 0.714. The van der Waals surface area contributed by atoms with Crippen molar-refractivity contribution in [3.63, 3.8) is 0 Å². The zero-order valence-corrected chi connectivity index (χ0v) is 12.9. The van der Waals surface area contributed by atoms with Crippen molar-refractivity contribution < 1.29 is 0 Å². The fourth-order valence-electron chi connectivity index (χ4n) is 2.25. The predicted molar refractivity (Wildman–Crippen MR) is 84.3 cm³/mol. The second-order valence-corrected chi connectivity index (χ2v) is 6.27. The first-order valence-corrected chi connectivity index (χ1v) is 8.26. The maximum Gasteiger partial charge on any atom is 0.134 e. The summed E-state index contributed by atoms with van der Waals surface area (Å²) in [4.78, 5) is 9.18. The molecule has 2 heterocycles. The minimum Gasteiger partial charge on any atom is -0.370 e.